The number of pyridine rings is 1. The Morgan fingerprint density at radius 1 is 1.07 bits per heavy atom. The van der Waals surface area contributed by atoms with Crippen molar-refractivity contribution in [2.75, 3.05) is 7.11 Å². The summed E-state index contributed by atoms with van der Waals surface area (Å²) >= 11 is 0. The van der Waals surface area contributed by atoms with Gasteiger partial charge < -0.3 is 9.72 Å². The van der Waals surface area contributed by atoms with E-state index in [1.54, 1.807) is 0 Å². The van der Waals surface area contributed by atoms with E-state index in [1.165, 1.54) is 7.11 Å². The summed E-state index contributed by atoms with van der Waals surface area (Å²) in [4.78, 5) is 41.0. The number of rotatable bonds is 3. The molecule has 0 unspecified atom stereocenters. The van der Waals surface area contributed by atoms with E-state index in [0.29, 0.717) is 35.2 Å². The van der Waals surface area contributed by atoms with Crippen molar-refractivity contribution in [3.05, 3.63) is 57.5 Å². The molecule has 1 aromatic heterocycles. The number of carbonyl (C=O) groups excluding carboxylic acids is 2. The zero-order valence-electron chi connectivity index (χ0n) is 15.4. The molecule has 1 heterocycles. The lowest BCUT2D eigenvalue weighted by Crippen LogP contribution is -2.35. The predicted octanol–water partition coefficient (Wildman–Crippen LogP) is 3.24. The summed E-state index contributed by atoms with van der Waals surface area (Å²) in [5.41, 5.74) is 0.830. The van der Waals surface area contributed by atoms with Crippen molar-refractivity contribution in [1.29, 1.82) is 0 Å². The third-order valence-corrected chi connectivity index (χ3v) is 5.70. The molecule has 1 aromatic carbocycles. The third-order valence-electron chi connectivity index (χ3n) is 5.70. The number of hydrogen-bond acceptors (Lipinski definition) is 4. The Morgan fingerprint density at radius 3 is 2.48 bits per heavy atom. The summed E-state index contributed by atoms with van der Waals surface area (Å²) in [5.74, 6) is 0.270. The number of allylic oxidation sites excluding steroid dienone is 3. The monoisotopic (exact) mass is 363 g/mol. The van der Waals surface area contributed by atoms with E-state index in [4.69, 9.17) is 4.74 Å². The predicted molar refractivity (Wildman–Crippen MR) is 104 cm³/mol. The lowest BCUT2D eigenvalue weighted by atomic mass is 9.77. The van der Waals surface area contributed by atoms with E-state index < -0.39 is 5.41 Å². The molecule has 2 aromatic rings. The molecule has 2 aliphatic rings. The van der Waals surface area contributed by atoms with E-state index in [0.717, 1.165) is 10.9 Å². The highest BCUT2D eigenvalue weighted by Crippen LogP contribution is 2.51. The van der Waals surface area contributed by atoms with Crippen LogP contribution in [-0.4, -0.2) is 23.7 Å². The molecule has 0 radical (unpaired) electrons. The average Bonchev–Trinajstić information content (AvgIpc) is 3.17. The van der Waals surface area contributed by atoms with Gasteiger partial charge in [0.2, 0.25) is 0 Å². The highest BCUT2D eigenvalue weighted by Gasteiger charge is 2.55. The van der Waals surface area contributed by atoms with Gasteiger partial charge in [-0.3, -0.25) is 14.4 Å². The highest BCUT2D eigenvalue weighted by molar-refractivity contribution is 6.20. The number of nitrogens with one attached hydrogen (secondary N) is 1. The Hall–Kier alpha value is -2.95. The first-order chi connectivity index (χ1) is 13.0. The molecule has 0 bridgehead atoms. The first-order valence-corrected chi connectivity index (χ1v) is 9.16. The van der Waals surface area contributed by atoms with Gasteiger partial charge in [-0.1, -0.05) is 24.3 Å². The van der Waals surface area contributed by atoms with Crippen LogP contribution in [0.1, 0.15) is 43.0 Å². The number of H-pyrrole nitrogens is 1. The molecule has 1 saturated carbocycles. The van der Waals surface area contributed by atoms with Crippen LogP contribution in [0.5, 0.6) is 5.75 Å². The zero-order chi connectivity index (χ0) is 19.2. The minimum absolute atomic E-state index is 0.0498. The van der Waals surface area contributed by atoms with Crippen molar-refractivity contribution in [2.24, 2.45) is 0 Å². The molecule has 0 saturated heterocycles. The number of aromatic nitrogens is 1. The number of aryl methyl sites for hydroxylation is 1. The highest BCUT2D eigenvalue weighted by atomic mass is 16.5. The summed E-state index contributed by atoms with van der Waals surface area (Å²) in [6.45, 7) is 1.92. The lowest BCUT2D eigenvalue weighted by molar-refractivity contribution is -0.129. The Kier molecular flexibility index (Phi) is 4.10. The summed E-state index contributed by atoms with van der Waals surface area (Å²) in [6, 6.07) is 3.83. The SMILES string of the molecule is C/C=C/C=C/c1cc2cc3c(c(OC)c2c(=O)[nH]1)C1(CC3)C(=O)CCC1=O. The molecule has 1 spiro atoms. The smallest absolute Gasteiger partial charge is 0.260 e. The molecular formula is C22H21NO4. The normalized spacial score (nSPS) is 18.4. The number of benzene rings is 1. The van der Waals surface area contributed by atoms with E-state index in [2.05, 4.69) is 4.98 Å². The Morgan fingerprint density at radius 2 is 1.81 bits per heavy atom. The minimum Gasteiger partial charge on any atom is -0.496 e. The van der Waals surface area contributed by atoms with Gasteiger partial charge in [0.1, 0.15) is 11.2 Å². The zero-order valence-corrected chi connectivity index (χ0v) is 15.4. The molecule has 1 fully saturated rings. The second kappa shape index (κ2) is 6.34. The largest absolute Gasteiger partial charge is 0.496 e. The van der Waals surface area contributed by atoms with Crippen LogP contribution >= 0.6 is 0 Å². The van der Waals surface area contributed by atoms with Crippen LogP contribution in [-0.2, 0) is 21.4 Å². The van der Waals surface area contributed by atoms with E-state index >= 15 is 0 Å². The van der Waals surface area contributed by atoms with Crippen LogP contribution in [0.3, 0.4) is 0 Å². The summed E-state index contributed by atoms with van der Waals surface area (Å²) in [7, 11) is 1.49. The lowest BCUT2D eigenvalue weighted by Gasteiger charge is -2.24. The third kappa shape index (κ3) is 2.41. The summed E-state index contributed by atoms with van der Waals surface area (Å²) in [6.07, 6.45) is 9.11. The second-order valence-corrected chi connectivity index (χ2v) is 7.10. The molecule has 0 amide bonds. The topological polar surface area (TPSA) is 76.2 Å². The molecule has 5 heteroatoms. The van der Waals surface area contributed by atoms with E-state index in [-0.39, 0.29) is 30.0 Å². The number of Topliss-reactive ketones (excluding diaryl/α,β-unsaturated/α-hetero) is 2. The quantitative estimate of drug-likeness (QED) is 0.671. The second-order valence-electron chi connectivity index (χ2n) is 7.10. The number of methoxy groups -OCH3 is 1. The van der Waals surface area contributed by atoms with Crippen molar-refractivity contribution in [3.63, 3.8) is 0 Å². The number of fused-ring (bicyclic) bond motifs is 3. The van der Waals surface area contributed by atoms with Crippen LogP contribution in [0.4, 0.5) is 0 Å². The standard InChI is InChI=1S/C22H21NO4/c1-3-4-5-6-15-12-14-11-13-9-10-22(16(24)7-8-17(22)25)19(13)20(27-2)18(14)21(26)23-15/h3-6,11-12H,7-10H2,1-2H3,(H,23,26)/b4-3+,6-5+. The maximum Gasteiger partial charge on any atom is 0.260 e. The Balaban J connectivity index is 2.00. The van der Waals surface area contributed by atoms with Crippen LogP contribution in [0.15, 0.2) is 35.2 Å². The van der Waals surface area contributed by atoms with Crippen molar-refractivity contribution in [3.8, 4) is 5.75 Å². The van der Waals surface area contributed by atoms with Crippen LogP contribution in [0.2, 0.25) is 0 Å². The molecule has 4 rings (SSSR count). The molecule has 27 heavy (non-hydrogen) atoms. The number of ketones is 2. The fourth-order valence-corrected chi connectivity index (χ4v) is 4.52. The molecule has 5 nitrogen and oxygen atoms in total. The Labute approximate surface area is 156 Å². The van der Waals surface area contributed by atoms with Gasteiger partial charge in [0, 0.05) is 24.1 Å². The van der Waals surface area contributed by atoms with Gasteiger partial charge in [-0.25, -0.2) is 0 Å². The first-order valence-electron chi connectivity index (χ1n) is 9.16. The molecular weight excluding hydrogens is 342 g/mol. The van der Waals surface area contributed by atoms with Crippen molar-refractivity contribution in [1.82, 2.24) is 4.98 Å². The molecule has 0 aliphatic heterocycles. The maximum atomic E-state index is 12.8. The number of carbonyl (C=O) groups is 2. The van der Waals surface area contributed by atoms with Crippen molar-refractivity contribution in [2.45, 2.75) is 38.0 Å². The fourth-order valence-electron chi connectivity index (χ4n) is 4.52. The van der Waals surface area contributed by atoms with Gasteiger partial charge in [-0.05, 0) is 42.9 Å². The van der Waals surface area contributed by atoms with Crippen LogP contribution in [0, 0.1) is 0 Å². The molecule has 0 atom stereocenters. The number of hydrogen-bond donors (Lipinski definition) is 1. The fraction of sp³-hybridized carbons (Fsp3) is 0.318. The first kappa shape index (κ1) is 17.5. The summed E-state index contributed by atoms with van der Waals surface area (Å²) in [5, 5.41) is 1.15. The van der Waals surface area contributed by atoms with Crippen LogP contribution in [0.25, 0.3) is 16.8 Å². The van der Waals surface area contributed by atoms with Gasteiger partial charge >= 0.3 is 0 Å². The summed E-state index contributed by atoms with van der Waals surface area (Å²) < 4.78 is 5.62. The van der Waals surface area contributed by atoms with Crippen LogP contribution < -0.4 is 10.3 Å². The van der Waals surface area contributed by atoms with Gasteiger partial charge in [0.05, 0.1) is 12.5 Å². The number of aromatic amines is 1. The van der Waals surface area contributed by atoms with Gasteiger partial charge in [0.25, 0.3) is 5.56 Å². The van der Waals surface area contributed by atoms with E-state index in [1.807, 2.05) is 43.4 Å². The van der Waals surface area contributed by atoms with Gasteiger partial charge in [0.15, 0.2) is 11.6 Å². The number of ether oxygens (including phenoxy) is 1. The Bertz CT molecular complexity index is 1070. The van der Waals surface area contributed by atoms with E-state index in [9.17, 15) is 14.4 Å². The molecule has 138 valence electrons. The van der Waals surface area contributed by atoms with Gasteiger partial charge in [-0.15, -0.1) is 0 Å². The molecule has 1 N–H and O–H groups in total. The van der Waals surface area contributed by atoms with Crippen molar-refractivity contribution >= 4 is 28.4 Å². The van der Waals surface area contributed by atoms with Crippen molar-refractivity contribution < 1.29 is 14.3 Å². The average molecular weight is 363 g/mol. The maximum absolute atomic E-state index is 12.8. The van der Waals surface area contributed by atoms with Gasteiger partial charge in [-0.2, -0.15) is 0 Å². The molecule has 2 aliphatic carbocycles. The minimum atomic E-state index is -1.12.